The molecule has 2 amide bonds. The van der Waals surface area contributed by atoms with Crippen LogP contribution in [-0.4, -0.2) is 23.7 Å². The van der Waals surface area contributed by atoms with E-state index >= 15 is 0 Å². The molecule has 1 rings (SSSR count). The molecule has 0 aliphatic rings. The molecule has 1 aromatic carbocycles. The number of hydrogen-bond donors (Lipinski definition) is 3. The van der Waals surface area contributed by atoms with Crippen LogP contribution in [0.25, 0.3) is 0 Å². The first-order chi connectivity index (χ1) is 8.36. The van der Waals surface area contributed by atoms with Crippen molar-refractivity contribution in [2.45, 2.75) is 19.4 Å². The lowest BCUT2D eigenvalue weighted by atomic mass is 10.1. The number of carbonyl (C=O) groups excluding carboxylic acids is 1. The summed E-state index contributed by atoms with van der Waals surface area (Å²) in [5.74, 6) is 0.584. The minimum Gasteiger partial charge on any atom is -0.495 e. The van der Waals surface area contributed by atoms with Gasteiger partial charge in [0.05, 0.1) is 23.3 Å². The number of urea groups is 1. The number of carbonyl (C=O) groups is 1. The van der Waals surface area contributed by atoms with E-state index in [9.17, 15) is 4.79 Å². The SMILES string of the molecule is COc1ccccc1NC(=O)NC(C)(C)C(N)=S. The Morgan fingerprint density at radius 1 is 1.39 bits per heavy atom. The molecule has 0 aliphatic heterocycles. The molecule has 0 fully saturated rings. The number of thiocarbonyl (C=S) groups is 1. The molecule has 4 N–H and O–H groups in total. The summed E-state index contributed by atoms with van der Waals surface area (Å²) >= 11 is 4.87. The zero-order valence-corrected chi connectivity index (χ0v) is 11.4. The molecule has 0 aliphatic carbocycles. The normalized spacial score (nSPS) is 10.6. The Hall–Kier alpha value is -1.82. The average molecular weight is 267 g/mol. The van der Waals surface area contributed by atoms with Gasteiger partial charge in [-0.15, -0.1) is 0 Å². The van der Waals surface area contributed by atoms with E-state index in [-0.39, 0.29) is 4.99 Å². The van der Waals surface area contributed by atoms with Crippen LogP contribution in [0.15, 0.2) is 24.3 Å². The summed E-state index contributed by atoms with van der Waals surface area (Å²) in [5, 5.41) is 5.37. The zero-order chi connectivity index (χ0) is 13.8. The number of nitrogens with two attached hydrogens (primary N) is 1. The molecule has 0 aromatic heterocycles. The molecule has 1 aromatic rings. The van der Waals surface area contributed by atoms with E-state index in [0.717, 1.165) is 0 Å². The van der Waals surface area contributed by atoms with Gasteiger partial charge in [-0.1, -0.05) is 24.4 Å². The Balaban J connectivity index is 2.74. The average Bonchev–Trinajstić information content (AvgIpc) is 2.28. The molecule has 6 heteroatoms. The Morgan fingerprint density at radius 2 is 2.00 bits per heavy atom. The molecule has 0 unspecified atom stereocenters. The van der Waals surface area contributed by atoms with Gasteiger partial charge in [-0.25, -0.2) is 4.79 Å². The van der Waals surface area contributed by atoms with Gasteiger partial charge in [0, 0.05) is 0 Å². The number of methoxy groups -OCH3 is 1. The summed E-state index contributed by atoms with van der Waals surface area (Å²) in [7, 11) is 1.54. The maximum absolute atomic E-state index is 11.8. The van der Waals surface area contributed by atoms with E-state index in [1.807, 2.05) is 6.07 Å². The number of para-hydroxylation sites is 2. The van der Waals surface area contributed by atoms with Crippen LogP contribution in [0.5, 0.6) is 5.75 Å². The molecular weight excluding hydrogens is 250 g/mol. The van der Waals surface area contributed by atoms with Gasteiger partial charge in [-0.3, -0.25) is 0 Å². The van der Waals surface area contributed by atoms with Crippen molar-refractivity contribution in [2.75, 3.05) is 12.4 Å². The van der Waals surface area contributed by atoms with Crippen LogP contribution >= 0.6 is 12.2 Å². The van der Waals surface area contributed by atoms with Crippen molar-refractivity contribution in [3.63, 3.8) is 0 Å². The van der Waals surface area contributed by atoms with E-state index in [0.29, 0.717) is 11.4 Å². The van der Waals surface area contributed by atoms with Crippen LogP contribution in [0.2, 0.25) is 0 Å². The lowest BCUT2D eigenvalue weighted by molar-refractivity contribution is 0.247. The van der Waals surface area contributed by atoms with Crippen molar-refractivity contribution < 1.29 is 9.53 Å². The third-order valence-corrected chi connectivity index (χ3v) is 2.91. The van der Waals surface area contributed by atoms with Crippen molar-refractivity contribution >= 4 is 28.9 Å². The summed E-state index contributed by atoms with van der Waals surface area (Å²) in [4.78, 5) is 12.0. The van der Waals surface area contributed by atoms with Gasteiger partial charge < -0.3 is 21.1 Å². The number of amides is 2. The number of ether oxygens (including phenoxy) is 1. The summed E-state index contributed by atoms with van der Waals surface area (Å²) in [6, 6.07) is 6.73. The highest BCUT2D eigenvalue weighted by Crippen LogP contribution is 2.22. The summed E-state index contributed by atoms with van der Waals surface area (Å²) in [5.41, 5.74) is 5.36. The van der Waals surface area contributed by atoms with Gasteiger partial charge in [-0.2, -0.15) is 0 Å². The quantitative estimate of drug-likeness (QED) is 0.728. The van der Waals surface area contributed by atoms with Crippen molar-refractivity contribution in [3.8, 4) is 5.75 Å². The second kappa shape index (κ2) is 5.68. The van der Waals surface area contributed by atoms with Gasteiger partial charge in [0.15, 0.2) is 0 Å². The minimum atomic E-state index is -0.749. The van der Waals surface area contributed by atoms with Crippen LogP contribution in [0, 0.1) is 0 Å². The minimum absolute atomic E-state index is 0.220. The number of anilines is 1. The van der Waals surface area contributed by atoms with Gasteiger partial charge >= 0.3 is 6.03 Å². The summed E-state index contributed by atoms with van der Waals surface area (Å²) in [6.07, 6.45) is 0. The second-order valence-electron chi connectivity index (χ2n) is 4.27. The van der Waals surface area contributed by atoms with Crippen LogP contribution in [0.1, 0.15) is 13.8 Å². The van der Waals surface area contributed by atoms with Crippen molar-refractivity contribution in [2.24, 2.45) is 5.73 Å². The Kier molecular flexibility index (Phi) is 4.49. The molecule has 0 heterocycles. The number of nitrogens with one attached hydrogen (secondary N) is 2. The fourth-order valence-electron chi connectivity index (χ4n) is 1.25. The fourth-order valence-corrected chi connectivity index (χ4v) is 1.30. The van der Waals surface area contributed by atoms with Crippen LogP contribution in [0.4, 0.5) is 10.5 Å². The fraction of sp³-hybridized carbons (Fsp3) is 0.333. The molecular formula is C12H17N3O2S. The molecule has 0 spiro atoms. The zero-order valence-electron chi connectivity index (χ0n) is 10.6. The molecule has 0 saturated heterocycles. The molecule has 0 radical (unpaired) electrons. The second-order valence-corrected chi connectivity index (χ2v) is 4.71. The lowest BCUT2D eigenvalue weighted by Crippen LogP contribution is -2.53. The highest BCUT2D eigenvalue weighted by atomic mass is 32.1. The maximum atomic E-state index is 11.8. The van der Waals surface area contributed by atoms with E-state index in [2.05, 4.69) is 10.6 Å². The molecule has 0 atom stereocenters. The van der Waals surface area contributed by atoms with E-state index < -0.39 is 11.6 Å². The van der Waals surface area contributed by atoms with Crippen molar-refractivity contribution in [3.05, 3.63) is 24.3 Å². The lowest BCUT2D eigenvalue weighted by Gasteiger charge is -2.25. The van der Waals surface area contributed by atoms with E-state index in [1.54, 1.807) is 32.0 Å². The van der Waals surface area contributed by atoms with E-state index in [4.69, 9.17) is 22.7 Å². The monoisotopic (exact) mass is 267 g/mol. The highest BCUT2D eigenvalue weighted by molar-refractivity contribution is 7.80. The largest absolute Gasteiger partial charge is 0.495 e. The van der Waals surface area contributed by atoms with E-state index in [1.165, 1.54) is 7.11 Å². The van der Waals surface area contributed by atoms with Gasteiger partial charge in [0.1, 0.15) is 5.75 Å². The number of benzene rings is 1. The Morgan fingerprint density at radius 3 is 2.56 bits per heavy atom. The third kappa shape index (κ3) is 3.59. The summed E-state index contributed by atoms with van der Waals surface area (Å²) < 4.78 is 5.13. The predicted molar refractivity (Wildman–Crippen MR) is 76.0 cm³/mol. The first-order valence-corrected chi connectivity index (χ1v) is 5.79. The Bertz CT molecular complexity index is 460. The number of hydrogen-bond acceptors (Lipinski definition) is 3. The van der Waals surface area contributed by atoms with Crippen molar-refractivity contribution in [1.29, 1.82) is 0 Å². The molecule has 5 nitrogen and oxygen atoms in total. The molecule has 98 valence electrons. The van der Waals surface area contributed by atoms with Gasteiger partial charge in [0.25, 0.3) is 0 Å². The topological polar surface area (TPSA) is 76.4 Å². The molecule has 0 bridgehead atoms. The summed E-state index contributed by atoms with van der Waals surface area (Å²) in [6.45, 7) is 3.47. The first-order valence-electron chi connectivity index (χ1n) is 5.39. The standard InChI is InChI=1S/C12H17N3O2S/c1-12(2,10(13)18)15-11(16)14-8-6-4-5-7-9(8)17-3/h4-7H,1-3H3,(H2,13,18)(H2,14,15,16). The van der Waals surface area contributed by atoms with Crippen LogP contribution < -0.4 is 21.1 Å². The Labute approximate surface area is 112 Å². The van der Waals surface area contributed by atoms with Crippen LogP contribution in [-0.2, 0) is 0 Å². The molecule has 18 heavy (non-hydrogen) atoms. The highest BCUT2D eigenvalue weighted by Gasteiger charge is 2.23. The van der Waals surface area contributed by atoms with Crippen molar-refractivity contribution in [1.82, 2.24) is 5.32 Å². The maximum Gasteiger partial charge on any atom is 0.320 e. The van der Waals surface area contributed by atoms with Gasteiger partial charge in [-0.05, 0) is 26.0 Å². The first kappa shape index (κ1) is 14.2. The predicted octanol–water partition coefficient (Wildman–Crippen LogP) is 1.88. The van der Waals surface area contributed by atoms with Crippen LogP contribution in [0.3, 0.4) is 0 Å². The smallest absolute Gasteiger partial charge is 0.320 e. The number of rotatable bonds is 4. The molecule has 0 saturated carbocycles. The third-order valence-electron chi connectivity index (χ3n) is 2.40. The van der Waals surface area contributed by atoms with Gasteiger partial charge in [0.2, 0.25) is 0 Å².